The minimum atomic E-state index is -0.348. The Balaban J connectivity index is 1.88. The van der Waals surface area contributed by atoms with E-state index in [1.54, 1.807) is 13.2 Å². The number of allylic oxidation sites excluding steroid dienone is 4. The first-order valence-electron chi connectivity index (χ1n) is 12.2. The van der Waals surface area contributed by atoms with E-state index in [0.29, 0.717) is 31.5 Å². The fourth-order valence-corrected chi connectivity index (χ4v) is 3.56. The summed E-state index contributed by atoms with van der Waals surface area (Å²) in [5, 5.41) is 12.6. The van der Waals surface area contributed by atoms with Gasteiger partial charge in [-0.05, 0) is 37.3 Å². The number of nitriles is 1. The predicted molar refractivity (Wildman–Crippen MR) is 154 cm³/mol. The Morgan fingerprint density at radius 3 is 3.00 bits per heavy atom. The number of nitrogens with one attached hydrogen (secondary N) is 3. The van der Waals surface area contributed by atoms with Gasteiger partial charge in [-0.15, -0.1) is 0 Å². The van der Waals surface area contributed by atoms with Gasteiger partial charge in [0, 0.05) is 50.1 Å². The number of nitrogens with two attached hydrogens (primary N) is 1. The minimum Gasteiger partial charge on any atom is -0.337 e. The van der Waals surface area contributed by atoms with Crippen molar-refractivity contribution in [2.75, 3.05) is 32.2 Å². The summed E-state index contributed by atoms with van der Waals surface area (Å²) in [6.07, 6.45) is 20.4. The summed E-state index contributed by atoms with van der Waals surface area (Å²) >= 11 is 0. The molecule has 0 saturated carbocycles. The van der Waals surface area contributed by atoms with E-state index < -0.39 is 0 Å². The van der Waals surface area contributed by atoms with Crippen LogP contribution in [0.5, 0.6) is 0 Å². The van der Waals surface area contributed by atoms with Crippen LogP contribution >= 0.6 is 0 Å². The summed E-state index contributed by atoms with van der Waals surface area (Å²) in [7, 11) is 1.65. The summed E-state index contributed by atoms with van der Waals surface area (Å²) in [5.41, 5.74) is 14.3. The van der Waals surface area contributed by atoms with E-state index >= 15 is 0 Å². The van der Waals surface area contributed by atoms with Crippen molar-refractivity contribution in [1.82, 2.24) is 20.6 Å². The Morgan fingerprint density at radius 2 is 2.29 bits per heavy atom. The Morgan fingerprint density at radius 1 is 1.47 bits per heavy atom. The molecule has 0 fully saturated rings. The molecule has 1 unspecified atom stereocenters. The monoisotopic (exact) mass is 513 g/mol. The van der Waals surface area contributed by atoms with Gasteiger partial charge in [0.2, 0.25) is 0 Å². The van der Waals surface area contributed by atoms with Gasteiger partial charge in [-0.1, -0.05) is 43.4 Å². The number of terminal acetylenes is 1. The molecule has 10 heteroatoms. The predicted octanol–water partition coefficient (Wildman–Crippen LogP) is 2.53. The van der Waals surface area contributed by atoms with Crippen molar-refractivity contribution in [3.8, 4) is 18.5 Å². The standard InChI is InChI=1S/C28H35N9O/c1-5-7-13-37(4)28(38)21(3)35-26(16-30)19-32-20-31-17-22-9-8-10-23(12-11-22)25-14-24(15-29)27(33-18-25)36-34-6-2/h2,5,7,10-12,14,18-19,22,31,34H,3,8-9,13,15,17,20,29H2,1,4H3,(H,33,36)/b7-5+,32-19?,35-26?. The maximum atomic E-state index is 12.3. The number of nitrogens with zero attached hydrogens (tertiary/aromatic N) is 5. The Labute approximate surface area is 224 Å². The van der Waals surface area contributed by atoms with E-state index in [-0.39, 0.29) is 17.3 Å². The lowest BCUT2D eigenvalue weighted by Gasteiger charge is -2.14. The molecule has 1 aromatic rings. The highest BCUT2D eigenvalue weighted by molar-refractivity contribution is 6.38. The molecule has 1 aliphatic rings. The maximum Gasteiger partial charge on any atom is 0.271 e. The quantitative estimate of drug-likeness (QED) is 0.0603. The average molecular weight is 514 g/mol. The number of anilines is 1. The Hall–Kier alpha value is -4.51. The zero-order valence-electron chi connectivity index (χ0n) is 21.9. The second-order valence-corrected chi connectivity index (χ2v) is 8.42. The number of aliphatic imine (C=N–C) groups is 2. The highest BCUT2D eigenvalue weighted by Gasteiger charge is 2.12. The van der Waals surface area contributed by atoms with Crippen LogP contribution in [0.2, 0.25) is 0 Å². The molecule has 1 heterocycles. The molecule has 0 radical (unpaired) electrons. The third-order valence-electron chi connectivity index (χ3n) is 5.62. The average Bonchev–Trinajstić information content (AvgIpc) is 3.19. The molecule has 5 N–H and O–H groups in total. The van der Waals surface area contributed by atoms with Gasteiger partial charge < -0.3 is 10.6 Å². The van der Waals surface area contributed by atoms with Crippen molar-refractivity contribution in [2.24, 2.45) is 21.6 Å². The first-order valence-corrected chi connectivity index (χ1v) is 12.2. The van der Waals surface area contributed by atoms with E-state index in [9.17, 15) is 10.1 Å². The topological polar surface area (TPSA) is 144 Å². The highest BCUT2D eigenvalue weighted by atomic mass is 16.2. The molecule has 1 aliphatic carbocycles. The number of likely N-dealkylation sites (N-methyl/N-ethyl adjacent to an activating group) is 1. The Bertz CT molecular complexity index is 1210. The summed E-state index contributed by atoms with van der Waals surface area (Å²) in [6, 6.07) is 6.24. The smallest absolute Gasteiger partial charge is 0.271 e. The molecule has 10 nitrogen and oxygen atoms in total. The molecule has 0 saturated heterocycles. The van der Waals surface area contributed by atoms with Crippen LogP contribution in [0.15, 0.2) is 64.9 Å². The second kappa shape index (κ2) is 16.3. The van der Waals surface area contributed by atoms with E-state index in [0.717, 1.165) is 36.1 Å². The largest absolute Gasteiger partial charge is 0.337 e. The van der Waals surface area contributed by atoms with Gasteiger partial charge in [-0.2, -0.15) is 5.26 Å². The fraction of sp³-hybridized carbons (Fsp3) is 0.321. The fourth-order valence-electron chi connectivity index (χ4n) is 3.56. The summed E-state index contributed by atoms with van der Waals surface area (Å²) in [5.74, 6) is 0.571. The highest BCUT2D eigenvalue weighted by Crippen LogP contribution is 2.25. The van der Waals surface area contributed by atoms with E-state index in [1.807, 2.05) is 31.2 Å². The first-order chi connectivity index (χ1) is 18.4. The zero-order valence-corrected chi connectivity index (χ0v) is 21.9. The number of hydrogen-bond acceptors (Lipinski definition) is 9. The van der Waals surface area contributed by atoms with Gasteiger partial charge in [0.25, 0.3) is 5.91 Å². The van der Waals surface area contributed by atoms with Crippen LogP contribution in [-0.4, -0.2) is 54.5 Å². The molecule has 0 spiro atoms. The van der Waals surface area contributed by atoms with Crippen LogP contribution in [0, 0.1) is 29.7 Å². The van der Waals surface area contributed by atoms with E-state index in [2.05, 4.69) is 62.0 Å². The summed E-state index contributed by atoms with van der Waals surface area (Å²) in [4.78, 5) is 26.4. The third-order valence-corrected chi connectivity index (χ3v) is 5.62. The molecule has 1 atom stereocenters. The molecule has 0 bridgehead atoms. The number of hydrazine groups is 1. The molecule has 1 amide bonds. The summed E-state index contributed by atoms with van der Waals surface area (Å²) < 4.78 is 0. The number of hydrogen-bond donors (Lipinski definition) is 4. The molecular formula is C28H35N9O. The van der Waals surface area contributed by atoms with Crippen molar-refractivity contribution in [1.29, 1.82) is 5.26 Å². The van der Waals surface area contributed by atoms with Crippen LogP contribution in [0.3, 0.4) is 0 Å². The Kier molecular flexibility index (Phi) is 12.7. The normalized spacial score (nSPS) is 15.4. The lowest BCUT2D eigenvalue weighted by Crippen LogP contribution is -2.27. The SMILES string of the molecule is C#CNNc1ncc(C2=CCCC(CNCN=CC(C#N)=NC(=C)C(=O)N(C)C/C=C/C)C=C2)cc1CN. The zero-order chi connectivity index (χ0) is 27.8. The summed E-state index contributed by atoms with van der Waals surface area (Å²) in [6.45, 7) is 7.36. The third kappa shape index (κ3) is 9.51. The van der Waals surface area contributed by atoms with Crippen LogP contribution in [0.25, 0.3) is 5.57 Å². The second-order valence-electron chi connectivity index (χ2n) is 8.42. The van der Waals surface area contributed by atoms with Gasteiger partial charge >= 0.3 is 0 Å². The van der Waals surface area contributed by atoms with Crippen molar-refractivity contribution >= 4 is 29.2 Å². The van der Waals surface area contributed by atoms with Crippen LogP contribution < -0.4 is 21.9 Å². The molecule has 1 aromatic heterocycles. The number of carbonyl (C=O) groups is 1. The molecule has 38 heavy (non-hydrogen) atoms. The van der Waals surface area contributed by atoms with E-state index in [4.69, 9.17) is 12.2 Å². The maximum absolute atomic E-state index is 12.3. The number of carbonyl (C=O) groups excluding carboxylic acids is 1. The van der Waals surface area contributed by atoms with Crippen LogP contribution in [-0.2, 0) is 11.3 Å². The molecule has 198 valence electrons. The molecule has 0 aliphatic heterocycles. The van der Waals surface area contributed by atoms with Crippen molar-refractivity contribution in [2.45, 2.75) is 26.3 Å². The van der Waals surface area contributed by atoms with E-state index in [1.165, 1.54) is 11.1 Å². The van der Waals surface area contributed by atoms with Crippen molar-refractivity contribution in [3.05, 3.63) is 66.0 Å². The number of aromatic nitrogens is 1. The number of amides is 1. The van der Waals surface area contributed by atoms with Gasteiger partial charge in [0.05, 0.1) is 12.9 Å². The van der Waals surface area contributed by atoms with Gasteiger partial charge in [-0.3, -0.25) is 26.0 Å². The van der Waals surface area contributed by atoms with Gasteiger partial charge in [-0.25, -0.2) is 9.98 Å². The van der Waals surface area contributed by atoms with Crippen molar-refractivity contribution < 1.29 is 4.79 Å². The molecular weight excluding hydrogens is 478 g/mol. The first kappa shape index (κ1) is 29.7. The minimum absolute atomic E-state index is 0.0104. The number of rotatable bonds is 13. The lowest BCUT2D eigenvalue weighted by molar-refractivity contribution is -0.125. The van der Waals surface area contributed by atoms with Crippen molar-refractivity contribution in [3.63, 3.8) is 0 Å². The van der Waals surface area contributed by atoms with Crippen LogP contribution in [0.1, 0.15) is 30.9 Å². The number of pyridine rings is 1. The van der Waals surface area contributed by atoms with Gasteiger partial charge in [0.15, 0.2) is 5.71 Å². The molecule has 0 aromatic carbocycles. The van der Waals surface area contributed by atoms with Gasteiger partial charge in [0.1, 0.15) is 17.6 Å². The lowest BCUT2D eigenvalue weighted by atomic mass is 10.0. The molecule has 2 rings (SSSR count). The van der Waals surface area contributed by atoms with Crippen LogP contribution in [0.4, 0.5) is 5.82 Å².